The molecule has 2 aliphatic rings. The Labute approximate surface area is 150 Å². The predicted molar refractivity (Wildman–Crippen MR) is 94.3 cm³/mol. The van der Waals surface area contributed by atoms with E-state index in [1.54, 1.807) is 11.4 Å². The summed E-state index contributed by atoms with van der Waals surface area (Å²) in [5.74, 6) is -0.660. The molecule has 2 amide bonds. The number of carbonyl (C=O) groups excluding carboxylic acids is 3. The molecule has 25 heavy (non-hydrogen) atoms. The molecule has 0 bridgehead atoms. The van der Waals surface area contributed by atoms with Crippen LogP contribution in [0.25, 0.3) is 0 Å². The summed E-state index contributed by atoms with van der Waals surface area (Å²) in [5, 5.41) is 4.92. The van der Waals surface area contributed by atoms with Crippen LogP contribution in [0.2, 0.25) is 0 Å². The Balaban J connectivity index is 1.71. The van der Waals surface area contributed by atoms with Crippen molar-refractivity contribution in [3.8, 4) is 0 Å². The van der Waals surface area contributed by atoms with E-state index in [0.717, 1.165) is 25.7 Å². The number of methoxy groups -OCH3 is 1. The van der Waals surface area contributed by atoms with Crippen molar-refractivity contribution in [3.05, 3.63) is 17.0 Å². The third kappa shape index (κ3) is 3.69. The fourth-order valence-corrected chi connectivity index (χ4v) is 4.89. The first-order valence-corrected chi connectivity index (χ1v) is 9.40. The fourth-order valence-electron chi connectivity index (χ4n) is 4.08. The lowest BCUT2D eigenvalue weighted by molar-refractivity contribution is -0.146. The lowest BCUT2D eigenvalue weighted by Crippen LogP contribution is -2.46. The smallest absolute Gasteiger partial charge is 0.323 e. The number of hydrogen-bond acceptors (Lipinski definition) is 6. The highest BCUT2D eigenvalue weighted by Gasteiger charge is 2.46. The highest BCUT2D eigenvalue weighted by atomic mass is 32.1. The maximum Gasteiger partial charge on any atom is 0.323 e. The van der Waals surface area contributed by atoms with Crippen molar-refractivity contribution >= 4 is 34.1 Å². The second-order valence-electron chi connectivity index (χ2n) is 6.63. The molecule has 1 saturated heterocycles. The molecule has 2 fully saturated rings. The normalized spacial score (nSPS) is 26.0. The second-order valence-corrected chi connectivity index (χ2v) is 7.55. The minimum Gasteiger partial charge on any atom is -0.468 e. The molecule has 3 atom stereocenters. The van der Waals surface area contributed by atoms with Gasteiger partial charge in [0.25, 0.3) is 5.91 Å². The Kier molecular flexibility index (Phi) is 5.39. The number of anilines is 1. The molecule has 3 N–H and O–H groups in total. The van der Waals surface area contributed by atoms with Crippen molar-refractivity contribution in [2.45, 2.75) is 44.2 Å². The predicted octanol–water partition coefficient (Wildman–Crippen LogP) is 1.59. The van der Waals surface area contributed by atoms with Crippen LogP contribution in [0, 0.1) is 5.92 Å². The molecular weight excluding hydrogens is 342 g/mol. The first-order chi connectivity index (χ1) is 12.0. The zero-order chi connectivity index (χ0) is 18.0. The molecule has 1 aromatic rings. The number of carbonyl (C=O) groups is 3. The van der Waals surface area contributed by atoms with Crippen molar-refractivity contribution in [3.63, 3.8) is 0 Å². The Morgan fingerprint density at radius 2 is 2.12 bits per heavy atom. The largest absolute Gasteiger partial charge is 0.468 e. The zero-order valence-electron chi connectivity index (χ0n) is 14.2. The van der Waals surface area contributed by atoms with Crippen LogP contribution in [0.1, 0.15) is 42.5 Å². The number of esters is 1. The number of ether oxygens (including phenoxy) is 1. The number of thiophene rings is 1. The maximum absolute atomic E-state index is 12.5. The third-order valence-electron chi connectivity index (χ3n) is 5.20. The Hall–Kier alpha value is -1.93. The van der Waals surface area contributed by atoms with E-state index in [0.29, 0.717) is 16.5 Å². The van der Waals surface area contributed by atoms with Crippen LogP contribution < -0.4 is 11.1 Å². The average Bonchev–Trinajstić information content (AvgIpc) is 3.19. The molecule has 0 spiro atoms. The summed E-state index contributed by atoms with van der Waals surface area (Å²) in [6, 6.07) is 1.46. The number of primary amides is 1. The van der Waals surface area contributed by atoms with Crippen LogP contribution in [0.4, 0.5) is 5.00 Å². The van der Waals surface area contributed by atoms with Crippen LogP contribution >= 0.6 is 11.3 Å². The summed E-state index contributed by atoms with van der Waals surface area (Å²) in [6.07, 6.45) is 5.12. The van der Waals surface area contributed by atoms with Crippen molar-refractivity contribution in [2.75, 3.05) is 19.0 Å². The standard InChI is InChI=1S/C17H23N3O4S/c1-24-17(23)13-8-10-4-2-3-5-12(10)20(13)9-14(21)19-16-11(15(18)22)6-7-25-16/h6-7,10,12-13H,2-5,8-9H2,1H3,(H2,18,22)(H,19,21)/t10-,12-,13-/m0/s1. The number of nitrogens with two attached hydrogens (primary N) is 1. The van der Waals surface area contributed by atoms with E-state index >= 15 is 0 Å². The van der Waals surface area contributed by atoms with Crippen molar-refractivity contribution < 1.29 is 19.1 Å². The van der Waals surface area contributed by atoms with Crippen molar-refractivity contribution in [2.24, 2.45) is 11.7 Å². The highest BCUT2D eigenvalue weighted by Crippen LogP contribution is 2.40. The Morgan fingerprint density at radius 1 is 1.36 bits per heavy atom. The number of nitrogens with one attached hydrogen (secondary N) is 1. The topological polar surface area (TPSA) is 102 Å². The minimum absolute atomic E-state index is 0.108. The fraction of sp³-hybridized carbons (Fsp3) is 0.588. The van der Waals surface area contributed by atoms with Gasteiger partial charge in [0.05, 0.1) is 19.2 Å². The van der Waals surface area contributed by atoms with E-state index < -0.39 is 5.91 Å². The van der Waals surface area contributed by atoms with Gasteiger partial charge in [-0.05, 0) is 36.6 Å². The number of likely N-dealkylation sites (tertiary alicyclic amines) is 1. The van der Waals surface area contributed by atoms with Gasteiger partial charge in [-0.2, -0.15) is 0 Å². The van der Waals surface area contributed by atoms with E-state index in [1.165, 1.54) is 24.9 Å². The van der Waals surface area contributed by atoms with Crippen LogP contribution in [-0.4, -0.2) is 48.4 Å². The molecule has 3 rings (SSSR count). The van der Waals surface area contributed by atoms with Crippen molar-refractivity contribution in [1.82, 2.24) is 4.90 Å². The maximum atomic E-state index is 12.5. The van der Waals surface area contributed by atoms with E-state index in [2.05, 4.69) is 5.32 Å². The van der Waals surface area contributed by atoms with Gasteiger partial charge in [0.15, 0.2) is 0 Å². The van der Waals surface area contributed by atoms with Gasteiger partial charge in [-0.3, -0.25) is 19.3 Å². The van der Waals surface area contributed by atoms with E-state index in [9.17, 15) is 14.4 Å². The lowest BCUT2D eigenvalue weighted by atomic mass is 9.85. The molecular formula is C17H23N3O4S. The summed E-state index contributed by atoms with van der Waals surface area (Å²) in [4.78, 5) is 38.0. The Morgan fingerprint density at radius 3 is 2.84 bits per heavy atom. The van der Waals surface area contributed by atoms with Crippen LogP contribution in [0.15, 0.2) is 11.4 Å². The van der Waals surface area contributed by atoms with E-state index in [1.807, 2.05) is 4.90 Å². The molecule has 1 aromatic heterocycles. The lowest BCUT2D eigenvalue weighted by Gasteiger charge is -2.32. The number of nitrogens with zero attached hydrogens (tertiary/aromatic N) is 1. The first kappa shape index (κ1) is 17.9. The van der Waals surface area contributed by atoms with Crippen molar-refractivity contribution in [1.29, 1.82) is 0 Å². The van der Waals surface area contributed by atoms with Gasteiger partial charge in [-0.1, -0.05) is 12.8 Å². The summed E-state index contributed by atoms with van der Waals surface area (Å²) in [5.41, 5.74) is 5.62. The summed E-state index contributed by atoms with van der Waals surface area (Å²) < 4.78 is 4.94. The average molecular weight is 365 g/mol. The van der Waals surface area contributed by atoms with Gasteiger partial charge in [0.2, 0.25) is 5.91 Å². The number of amides is 2. The molecule has 7 nitrogen and oxygen atoms in total. The first-order valence-electron chi connectivity index (χ1n) is 8.52. The van der Waals surface area contributed by atoms with E-state index in [4.69, 9.17) is 10.5 Å². The molecule has 2 heterocycles. The van der Waals surface area contributed by atoms with Gasteiger partial charge in [0, 0.05) is 6.04 Å². The van der Waals surface area contributed by atoms with Gasteiger partial charge in [-0.25, -0.2) is 0 Å². The number of fused-ring (bicyclic) bond motifs is 1. The quantitative estimate of drug-likeness (QED) is 0.772. The van der Waals surface area contributed by atoms with Crippen LogP contribution in [0.3, 0.4) is 0 Å². The monoisotopic (exact) mass is 365 g/mol. The number of rotatable bonds is 5. The van der Waals surface area contributed by atoms with Gasteiger partial charge >= 0.3 is 5.97 Å². The van der Waals surface area contributed by atoms with Crippen LogP contribution in [0.5, 0.6) is 0 Å². The van der Waals surface area contributed by atoms with Gasteiger partial charge in [-0.15, -0.1) is 11.3 Å². The summed E-state index contributed by atoms with van der Waals surface area (Å²) in [6.45, 7) is 0.108. The number of hydrogen-bond donors (Lipinski definition) is 2. The minimum atomic E-state index is -0.572. The van der Waals surface area contributed by atoms with Gasteiger partial charge < -0.3 is 15.8 Å². The molecule has 8 heteroatoms. The molecule has 1 aliphatic heterocycles. The molecule has 136 valence electrons. The Bertz CT molecular complexity index is 675. The third-order valence-corrected chi connectivity index (χ3v) is 6.03. The molecule has 0 unspecified atom stereocenters. The molecule has 0 radical (unpaired) electrons. The summed E-state index contributed by atoms with van der Waals surface area (Å²) in [7, 11) is 1.38. The molecule has 1 aliphatic carbocycles. The SMILES string of the molecule is COC(=O)[C@@H]1C[C@@H]2CCCC[C@@H]2N1CC(=O)Nc1sccc1C(N)=O. The second kappa shape index (κ2) is 7.53. The molecule has 0 aromatic carbocycles. The van der Waals surface area contributed by atoms with Crippen LogP contribution in [-0.2, 0) is 14.3 Å². The molecule has 1 saturated carbocycles. The summed E-state index contributed by atoms with van der Waals surface area (Å²) >= 11 is 1.26. The zero-order valence-corrected chi connectivity index (χ0v) is 15.0. The van der Waals surface area contributed by atoms with E-state index in [-0.39, 0.29) is 30.5 Å². The van der Waals surface area contributed by atoms with Gasteiger partial charge in [0.1, 0.15) is 11.0 Å². The highest BCUT2D eigenvalue weighted by molar-refractivity contribution is 7.14.